The summed E-state index contributed by atoms with van der Waals surface area (Å²) in [6, 6.07) is 11.8. The molecule has 0 atom stereocenters. The van der Waals surface area contributed by atoms with Crippen molar-refractivity contribution in [1.29, 1.82) is 5.26 Å². The average Bonchev–Trinajstić information content (AvgIpc) is 2.55. The Bertz CT molecular complexity index is 774. The van der Waals surface area contributed by atoms with Gasteiger partial charge in [0, 0.05) is 19.2 Å². The SMILES string of the molecule is CCCn1nc(C(=O)NCc2cccc(C#N)c2)ccc1=O. The molecule has 1 N–H and O–H groups in total. The van der Waals surface area contributed by atoms with Crippen molar-refractivity contribution in [1.82, 2.24) is 15.1 Å². The first-order valence-electron chi connectivity index (χ1n) is 6.99. The van der Waals surface area contributed by atoms with Crippen molar-refractivity contribution in [3.8, 4) is 6.07 Å². The Morgan fingerprint density at radius 2 is 2.18 bits per heavy atom. The van der Waals surface area contributed by atoms with Gasteiger partial charge in [-0.1, -0.05) is 19.1 Å². The Morgan fingerprint density at radius 1 is 1.36 bits per heavy atom. The maximum Gasteiger partial charge on any atom is 0.271 e. The normalized spacial score (nSPS) is 10.0. The first kappa shape index (κ1) is 15.4. The summed E-state index contributed by atoms with van der Waals surface area (Å²) in [7, 11) is 0. The average molecular weight is 296 g/mol. The molecule has 22 heavy (non-hydrogen) atoms. The van der Waals surface area contributed by atoms with Crippen molar-refractivity contribution in [2.24, 2.45) is 0 Å². The second-order valence-corrected chi connectivity index (χ2v) is 4.77. The van der Waals surface area contributed by atoms with E-state index in [9.17, 15) is 9.59 Å². The third-order valence-corrected chi connectivity index (χ3v) is 3.04. The van der Waals surface area contributed by atoms with Crippen LogP contribution in [0.25, 0.3) is 0 Å². The van der Waals surface area contributed by atoms with Crippen molar-refractivity contribution in [3.63, 3.8) is 0 Å². The van der Waals surface area contributed by atoms with Crippen LogP contribution in [0.15, 0.2) is 41.2 Å². The summed E-state index contributed by atoms with van der Waals surface area (Å²) >= 11 is 0. The molecule has 0 bridgehead atoms. The molecule has 0 aliphatic carbocycles. The molecule has 1 aromatic carbocycles. The molecule has 1 amide bonds. The second-order valence-electron chi connectivity index (χ2n) is 4.77. The minimum atomic E-state index is -0.354. The number of aryl methyl sites for hydroxylation is 1. The van der Waals surface area contributed by atoms with Gasteiger partial charge < -0.3 is 5.32 Å². The van der Waals surface area contributed by atoms with Crippen molar-refractivity contribution in [3.05, 3.63) is 63.6 Å². The van der Waals surface area contributed by atoms with Crippen molar-refractivity contribution >= 4 is 5.91 Å². The summed E-state index contributed by atoms with van der Waals surface area (Å²) in [5, 5.41) is 15.6. The fraction of sp³-hybridized carbons (Fsp3) is 0.250. The van der Waals surface area contributed by atoms with Gasteiger partial charge in [0.25, 0.3) is 11.5 Å². The Labute approximate surface area is 128 Å². The Morgan fingerprint density at radius 3 is 2.91 bits per heavy atom. The molecule has 112 valence electrons. The van der Waals surface area contributed by atoms with Gasteiger partial charge in [0.05, 0.1) is 11.6 Å². The first-order valence-corrected chi connectivity index (χ1v) is 6.99. The molecule has 2 aromatic rings. The molecule has 6 nitrogen and oxygen atoms in total. The van der Waals surface area contributed by atoms with Gasteiger partial charge in [0.15, 0.2) is 0 Å². The van der Waals surface area contributed by atoms with E-state index in [2.05, 4.69) is 16.5 Å². The highest BCUT2D eigenvalue weighted by Gasteiger charge is 2.09. The Balaban J connectivity index is 2.07. The fourth-order valence-electron chi connectivity index (χ4n) is 1.97. The third-order valence-electron chi connectivity index (χ3n) is 3.04. The lowest BCUT2D eigenvalue weighted by Gasteiger charge is -2.07. The fourth-order valence-corrected chi connectivity index (χ4v) is 1.97. The summed E-state index contributed by atoms with van der Waals surface area (Å²) in [6.07, 6.45) is 0.763. The Kier molecular flexibility index (Phi) is 5.04. The van der Waals surface area contributed by atoms with Crippen LogP contribution in [0.3, 0.4) is 0 Å². The minimum Gasteiger partial charge on any atom is -0.347 e. The number of nitrogens with zero attached hydrogens (tertiary/aromatic N) is 3. The van der Waals surface area contributed by atoms with Gasteiger partial charge in [-0.15, -0.1) is 0 Å². The van der Waals surface area contributed by atoms with Crippen molar-refractivity contribution < 1.29 is 4.79 Å². The van der Waals surface area contributed by atoms with Crippen LogP contribution in [0, 0.1) is 11.3 Å². The summed E-state index contributed by atoms with van der Waals surface area (Å²) in [4.78, 5) is 23.7. The zero-order valence-corrected chi connectivity index (χ0v) is 12.2. The van der Waals surface area contributed by atoms with E-state index in [0.717, 1.165) is 12.0 Å². The summed E-state index contributed by atoms with van der Waals surface area (Å²) in [6.45, 7) is 2.70. The number of amides is 1. The smallest absolute Gasteiger partial charge is 0.271 e. The highest BCUT2D eigenvalue weighted by atomic mass is 16.2. The van der Waals surface area contributed by atoms with E-state index in [1.807, 2.05) is 13.0 Å². The molecule has 0 spiro atoms. The van der Waals surface area contributed by atoms with E-state index in [-0.39, 0.29) is 17.2 Å². The van der Waals surface area contributed by atoms with E-state index < -0.39 is 0 Å². The van der Waals surface area contributed by atoms with Gasteiger partial charge in [0.2, 0.25) is 0 Å². The maximum absolute atomic E-state index is 12.1. The lowest BCUT2D eigenvalue weighted by molar-refractivity contribution is 0.0943. The standard InChI is InChI=1S/C16H16N4O2/c1-2-8-20-15(21)7-6-14(19-20)16(22)18-11-13-5-3-4-12(9-13)10-17/h3-7,9H,2,8,11H2,1H3,(H,18,22). The van der Waals surface area contributed by atoms with E-state index >= 15 is 0 Å². The van der Waals surface area contributed by atoms with Gasteiger partial charge in [0.1, 0.15) is 5.69 Å². The molecule has 0 fully saturated rings. The van der Waals surface area contributed by atoms with Gasteiger partial charge in [-0.25, -0.2) is 4.68 Å². The lowest BCUT2D eigenvalue weighted by Crippen LogP contribution is -2.29. The van der Waals surface area contributed by atoms with Crippen molar-refractivity contribution in [2.75, 3.05) is 0 Å². The molecule has 0 radical (unpaired) electrons. The predicted molar refractivity (Wildman–Crippen MR) is 81.1 cm³/mol. The van der Waals surface area contributed by atoms with Gasteiger partial charge in [-0.2, -0.15) is 10.4 Å². The lowest BCUT2D eigenvalue weighted by atomic mass is 10.1. The van der Waals surface area contributed by atoms with E-state index in [4.69, 9.17) is 5.26 Å². The van der Waals surface area contributed by atoms with E-state index in [1.54, 1.807) is 18.2 Å². The van der Waals surface area contributed by atoms with Crippen molar-refractivity contribution in [2.45, 2.75) is 26.4 Å². The quantitative estimate of drug-likeness (QED) is 0.904. The number of benzene rings is 1. The molecule has 0 saturated carbocycles. The van der Waals surface area contributed by atoms with Gasteiger partial charge in [-0.3, -0.25) is 9.59 Å². The zero-order valence-electron chi connectivity index (χ0n) is 12.2. The molecule has 0 aliphatic rings. The van der Waals surface area contributed by atoms with Crippen LogP contribution in [0.1, 0.15) is 35.0 Å². The molecule has 0 saturated heterocycles. The molecular formula is C16H16N4O2. The molecule has 2 rings (SSSR count). The highest BCUT2D eigenvalue weighted by molar-refractivity contribution is 5.91. The highest BCUT2D eigenvalue weighted by Crippen LogP contribution is 2.04. The molecule has 0 aliphatic heterocycles. The molecule has 6 heteroatoms. The van der Waals surface area contributed by atoms with Crippen LogP contribution >= 0.6 is 0 Å². The predicted octanol–water partition coefficient (Wildman–Crippen LogP) is 1.45. The number of hydrogen-bond acceptors (Lipinski definition) is 4. The maximum atomic E-state index is 12.1. The van der Waals surface area contributed by atoms with Gasteiger partial charge in [-0.05, 0) is 30.2 Å². The number of carbonyl (C=O) groups is 1. The van der Waals surface area contributed by atoms with Gasteiger partial charge >= 0.3 is 0 Å². The minimum absolute atomic E-state index is 0.199. The second kappa shape index (κ2) is 7.18. The van der Waals surface area contributed by atoms with Crippen LogP contribution in [-0.2, 0) is 13.1 Å². The number of aromatic nitrogens is 2. The van der Waals surface area contributed by atoms with Crippen LogP contribution in [0.2, 0.25) is 0 Å². The topological polar surface area (TPSA) is 87.8 Å². The molecular weight excluding hydrogens is 280 g/mol. The Hall–Kier alpha value is -2.94. The summed E-state index contributed by atoms with van der Waals surface area (Å²) < 4.78 is 1.28. The zero-order chi connectivity index (χ0) is 15.9. The van der Waals surface area contributed by atoms with Crippen LogP contribution < -0.4 is 10.9 Å². The van der Waals surface area contributed by atoms with E-state index in [0.29, 0.717) is 18.7 Å². The van der Waals surface area contributed by atoms with E-state index in [1.165, 1.54) is 16.8 Å². The number of nitrogens with one attached hydrogen (secondary N) is 1. The number of carbonyl (C=O) groups excluding carboxylic acids is 1. The van der Waals surface area contributed by atoms with Crippen LogP contribution in [0.4, 0.5) is 0 Å². The van der Waals surface area contributed by atoms with Crippen LogP contribution in [-0.4, -0.2) is 15.7 Å². The molecule has 0 unspecified atom stereocenters. The first-order chi connectivity index (χ1) is 10.6. The van der Waals surface area contributed by atoms with Crippen LogP contribution in [0.5, 0.6) is 0 Å². The summed E-state index contributed by atoms with van der Waals surface area (Å²) in [5.74, 6) is -0.354. The largest absolute Gasteiger partial charge is 0.347 e. The third kappa shape index (κ3) is 3.79. The molecule has 1 heterocycles. The monoisotopic (exact) mass is 296 g/mol. The summed E-state index contributed by atoms with van der Waals surface area (Å²) in [5.41, 5.74) is 1.35. The number of rotatable bonds is 5. The number of nitriles is 1. The molecule has 1 aromatic heterocycles. The number of hydrogen-bond donors (Lipinski definition) is 1.